The van der Waals surface area contributed by atoms with Gasteiger partial charge in [0.05, 0.1) is 0 Å². The lowest BCUT2D eigenvalue weighted by Gasteiger charge is -2.20. The van der Waals surface area contributed by atoms with E-state index in [9.17, 15) is 9.59 Å². The molecule has 1 aromatic rings. The summed E-state index contributed by atoms with van der Waals surface area (Å²) < 4.78 is 0. The van der Waals surface area contributed by atoms with Gasteiger partial charge in [0.15, 0.2) is 0 Å². The lowest BCUT2D eigenvalue weighted by Crippen LogP contribution is -2.34. The van der Waals surface area contributed by atoms with E-state index in [0.717, 1.165) is 18.5 Å². The first-order valence-electron chi connectivity index (χ1n) is 6.75. The van der Waals surface area contributed by atoms with Crippen LogP contribution in [0.1, 0.15) is 33.1 Å². The first kappa shape index (κ1) is 15.2. The third-order valence-electron chi connectivity index (χ3n) is 2.86. The van der Waals surface area contributed by atoms with Gasteiger partial charge in [0.2, 0.25) is 11.8 Å². The second kappa shape index (κ2) is 8.29. The highest BCUT2D eigenvalue weighted by Crippen LogP contribution is 2.13. The molecule has 0 aromatic heterocycles. The molecule has 4 nitrogen and oxygen atoms in total. The summed E-state index contributed by atoms with van der Waals surface area (Å²) in [6, 6.07) is 9.41. The predicted octanol–water partition coefficient (Wildman–Crippen LogP) is 2.35. The van der Waals surface area contributed by atoms with Crippen molar-refractivity contribution >= 4 is 17.5 Å². The number of nitrogens with one attached hydrogen (secondary N) is 1. The van der Waals surface area contributed by atoms with E-state index in [4.69, 9.17) is 0 Å². The van der Waals surface area contributed by atoms with Gasteiger partial charge in [-0.3, -0.25) is 9.59 Å². The van der Waals surface area contributed by atoms with Gasteiger partial charge < -0.3 is 10.2 Å². The molecular formula is C15H22N2O2. The molecule has 0 aliphatic rings. The molecular weight excluding hydrogens is 240 g/mol. The molecule has 0 unspecified atom stereocenters. The van der Waals surface area contributed by atoms with Crippen LogP contribution in [0.5, 0.6) is 0 Å². The minimum absolute atomic E-state index is 0.00405. The number of hydrogen-bond acceptors (Lipinski definition) is 2. The van der Waals surface area contributed by atoms with Crippen LogP contribution in [0.2, 0.25) is 0 Å². The Morgan fingerprint density at radius 2 is 1.89 bits per heavy atom. The maximum atomic E-state index is 11.6. The van der Waals surface area contributed by atoms with Crippen molar-refractivity contribution < 1.29 is 9.59 Å². The predicted molar refractivity (Wildman–Crippen MR) is 77.0 cm³/mol. The zero-order valence-corrected chi connectivity index (χ0v) is 11.7. The van der Waals surface area contributed by atoms with Crippen LogP contribution in [0.15, 0.2) is 30.3 Å². The normalized spacial score (nSPS) is 10.0. The fourth-order valence-electron chi connectivity index (χ4n) is 1.78. The van der Waals surface area contributed by atoms with Crippen molar-refractivity contribution in [2.45, 2.75) is 33.1 Å². The zero-order chi connectivity index (χ0) is 14.1. The van der Waals surface area contributed by atoms with Crippen LogP contribution in [0.3, 0.4) is 0 Å². The summed E-state index contributed by atoms with van der Waals surface area (Å²) in [4.78, 5) is 24.9. The first-order chi connectivity index (χ1) is 9.15. The summed E-state index contributed by atoms with van der Waals surface area (Å²) in [6.45, 7) is 4.72. The summed E-state index contributed by atoms with van der Waals surface area (Å²) >= 11 is 0. The lowest BCUT2D eigenvalue weighted by molar-refractivity contribution is -0.121. The Hall–Kier alpha value is -1.84. The minimum Gasteiger partial charge on any atom is -0.356 e. The van der Waals surface area contributed by atoms with Crippen LogP contribution in [0.25, 0.3) is 0 Å². The third-order valence-corrected chi connectivity index (χ3v) is 2.86. The molecule has 4 heteroatoms. The second-order valence-electron chi connectivity index (χ2n) is 4.46. The van der Waals surface area contributed by atoms with Crippen molar-refractivity contribution in [3.05, 3.63) is 30.3 Å². The molecule has 1 N–H and O–H groups in total. The fourth-order valence-corrected chi connectivity index (χ4v) is 1.78. The number of hydrogen-bond donors (Lipinski definition) is 1. The van der Waals surface area contributed by atoms with Gasteiger partial charge in [-0.25, -0.2) is 0 Å². The van der Waals surface area contributed by atoms with E-state index in [1.165, 1.54) is 6.92 Å². The van der Waals surface area contributed by atoms with Crippen LogP contribution in [0, 0.1) is 0 Å². The van der Waals surface area contributed by atoms with E-state index in [0.29, 0.717) is 19.5 Å². The molecule has 0 heterocycles. The van der Waals surface area contributed by atoms with Gasteiger partial charge in [-0.1, -0.05) is 31.5 Å². The molecule has 2 amide bonds. The smallest absolute Gasteiger partial charge is 0.223 e. The van der Waals surface area contributed by atoms with Crippen molar-refractivity contribution in [1.82, 2.24) is 5.32 Å². The molecule has 0 aliphatic heterocycles. The quantitative estimate of drug-likeness (QED) is 0.767. The highest BCUT2D eigenvalue weighted by molar-refractivity contribution is 5.92. The largest absolute Gasteiger partial charge is 0.356 e. The monoisotopic (exact) mass is 262 g/mol. The van der Waals surface area contributed by atoms with Gasteiger partial charge in [0.1, 0.15) is 0 Å². The van der Waals surface area contributed by atoms with Crippen LogP contribution < -0.4 is 10.2 Å². The highest BCUT2D eigenvalue weighted by atomic mass is 16.2. The van der Waals surface area contributed by atoms with Gasteiger partial charge in [-0.05, 0) is 18.6 Å². The maximum absolute atomic E-state index is 11.6. The third kappa shape index (κ3) is 5.55. The topological polar surface area (TPSA) is 49.4 Å². The standard InChI is InChI=1S/C15H22N2O2/c1-3-4-11-16-15(19)10-12-17(13(2)18)14-8-6-5-7-9-14/h5-9H,3-4,10-12H2,1-2H3,(H,16,19). The Morgan fingerprint density at radius 1 is 1.21 bits per heavy atom. The molecule has 0 bridgehead atoms. The zero-order valence-electron chi connectivity index (χ0n) is 11.7. The van der Waals surface area contributed by atoms with Crippen molar-refractivity contribution in [2.24, 2.45) is 0 Å². The van der Waals surface area contributed by atoms with Crippen molar-refractivity contribution in [2.75, 3.05) is 18.0 Å². The molecule has 0 saturated heterocycles. The van der Waals surface area contributed by atoms with E-state index >= 15 is 0 Å². The molecule has 0 fully saturated rings. The average Bonchev–Trinajstić information content (AvgIpc) is 2.40. The number of para-hydroxylation sites is 1. The molecule has 104 valence electrons. The van der Waals surface area contributed by atoms with Crippen molar-refractivity contribution in [3.8, 4) is 0 Å². The van der Waals surface area contributed by atoms with Gasteiger partial charge in [0.25, 0.3) is 0 Å². The number of benzene rings is 1. The molecule has 0 radical (unpaired) electrons. The Morgan fingerprint density at radius 3 is 2.47 bits per heavy atom. The number of carbonyl (C=O) groups is 2. The molecule has 0 spiro atoms. The number of rotatable bonds is 7. The molecule has 0 saturated carbocycles. The van der Waals surface area contributed by atoms with E-state index < -0.39 is 0 Å². The highest BCUT2D eigenvalue weighted by Gasteiger charge is 2.12. The van der Waals surface area contributed by atoms with Crippen LogP contribution in [-0.2, 0) is 9.59 Å². The lowest BCUT2D eigenvalue weighted by atomic mass is 10.2. The summed E-state index contributed by atoms with van der Waals surface area (Å²) in [5, 5.41) is 2.85. The second-order valence-corrected chi connectivity index (χ2v) is 4.46. The molecule has 1 aromatic carbocycles. The van der Waals surface area contributed by atoms with E-state index in [2.05, 4.69) is 12.2 Å². The number of amides is 2. The van der Waals surface area contributed by atoms with Gasteiger partial charge in [-0.15, -0.1) is 0 Å². The van der Waals surface area contributed by atoms with Gasteiger partial charge in [-0.2, -0.15) is 0 Å². The fraction of sp³-hybridized carbons (Fsp3) is 0.467. The first-order valence-corrected chi connectivity index (χ1v) is 6.75. The Kier molecular flexibility index (Phi) is 6.64. The Balaban J connectivity index is 2.47. The Bertz CT molecular complexity index is 404. The number of anilines is 1. The number of unbranched alkanes of at least 4 members (excludes halogenated alkanes) is 1. The molecule has 19 heavy (non-hydrogen) atoms. The maximum Gasteiger partial charge on any atom is 0.223 e. The van der Waals surface area contributed by atoms with E-state index in [1.807, 2.05) is 30.3 Å². The summed E-state index contributed by atoms with van der Waals surface area (Å²) in [6.07, 6.45) is 2.38. The average molecular weight is 262 g/mol. The van der Waals surface area contributed by atoms with Crippen LogP contribution >= 0.6 is 0 Å². The summed E-state index contributed by atoms with van der Waals surface area (Å²) in [5.74, 6) is -0.0526. The van der Waals surface area contributed by atoms with Gasteiger partial charge >= 0.3 is 0 Å². The molecule has 0 aliphatic carbocycles. The number of carbonyl (C=O) groups excluding carboxylic acids is 2. The summed E-state index contributed by atoms with van der Waals surface area (Å²) in [5.41, 5.74) is 0.830. The van der Waals surface area contributed by atoms with Crippen LogP contribution in [0.4, 0.5) is 5.69 Å². The van der Waals surface area contributed by atoms with Gasteiger partial charge in [0, 0.05) is 32.1 Å². The van der Waals surface area contributed by atoms with E-state index in [-0.39, 0.29) is 11.8 Å². The SMILES string of the molecule is CCCCNC(=O)CCN(C(C)=O)c1ccccc1. The summed E-state index contributed by atoms with van der Waals surface area (Å²) in [7, 11) is 0. The Labute approximate surface area is 114 Å². The minimum atomic E-state index is -0.0486. The molecule has 1 rings (SSSR count). The van der Waals surface area contributed by atoms with Crippen LogP contribution in [-0.4, -0.2) is 24.9 Å². The molecule has 0 atom stereocenters. The van der Waals surface area contributed by atoms with Crippen molar-refractivity contribution in [1.29, 1.82) is 0 Å². The van der Waals surface area contributed by atoms with E-state index in [1.54, 1.807) is 4.90 Å². The number of nitrogens with zero attached hydrogens (tertiary/aromatic N) is 1. The van der Waals surface area contributed by atoms with Crippen molar-refractivity contribution in [3.63, 3.8) is 0 Å².